The van der Waals surface area contributed by atoms with Gasteiger partial charge in [0.25, 0.3) is 0 Å². The van der Waals surface area contributed by atoms with Crippen molar-refractivity contribution in [3.05, 3.63) is 64.2 Å². The molecule has 0 heterocycles. The van der Waals surface area contributed by atoms with Crippen molar-refractivity contribution >= 4 is 33.2 Å². The number of nitrogens with one attached hydrogen (secondary N) is 1. The fourth-order valence-corrected chi connectivity index (χ4v) is 4.14. The van der Waals surface area contributed by atoms with Crippen LogP contribution in [-0.2, 0) is 14.8 Å². The Hall–Kier alpha value is -2.05. The molecule has 0 aromatic heterocycles. The van der Waals surface area contributed by atoms with Crippen molar-refractivity contribution in [1.82, 2.24) is 5.32 Å². The largest absolute Gasteiger partial charge is 0.348 e. The van der Waals surface area contributed by atoms with Gasteiger partial charge in [-0.1, -0.05) is 47.5 Å². The van der Waals surface area contributed by atoms with Gasteiger partial charge in [-0.15, -0.1) is 0 Å². The van der Waals surface area contributed by atoms with Crippen LogP contribution < -0.4 is 9.62 Å². The molecule has 0 unspecified atom stereocenters. The molecule has 0 radical (unpaired) electrons. The molecule has 5 nitrogen and oxygen atoms in total. The van der Waals surface area contributed by atoms with Gasteiger partial charge in [0, 0.05) is 5.02 Å². The van der Waals surface area contributed by atoms with Crippen LogP contribution in [0.2, 0.25) is 5.02 Å². The molecular formula is C20H25ClN2O3S. The summed E-state index contributed by atoms with van der Waals surface area (Å²) in [5, 5.41) is 3.33. The Morgan fingerprint density at radius 3 is 2.19 bits per heavy atom. The summed E-state index contributed by atoms with van der Waals surface area (Å²) in [5.41, 5.74) is 3.27. The van der Waals surface area contributed by atoms with Gasteiger partial charge < -0.3 is 5.32 Å². The minimum atomic E-state index is -3.68. The lowest BCUT2D eigenvalue weighted by Gasteiger charge is -2.29. The number of nitrogens with zero attached hydrogens (tertiary/aromatic N) is 1. The average molecular weight is 409 g/mol. The number of sulfonamides is 1. The zero-order valence-corrected chi connectivity index (χ0v) is 17.7. The number of halogens is 1. The van der Waals surface area contributed by atoms with E-state index in [1.165, 1.54) is 0 Å². The smallest absolute Gasteiger partial charge is 0.244 e. The average Bonchev–Trinajstić information content (AvgIpc) is 2.57. The van der Waals surface area contributed by atoms with Gasteiger partial charge in [-0.3, -0.25) is 9.10 Å². The SMILES string of the molecule is Cc1ccc([C@H](C)NC(=O)[C@H](C)N(c2ccc(C)c(Cl)c2)S(C)(=O)=O)cc1. The van der Waals surface area contributed by atoms with Crippen molar-refractivity contribution in [2.45, 2.75) is 39.8 Å². The molecule has 0 aliphatic heterocycles. The molecule has 1 amide bonds. The van der Waals surface area contributed by atoms with E-state index in [9.17, 15) is 13.2 Å². The maximum atomic E-state index is 12.8. The Labute approximate surface area is 166 Å². The highest BCUT2D eigenvalue weighted by Crippen LogP contribution is 2.27. The topological polar surface area (TPSA) is 66.5 Å². The predicted octanol–water partition coefficient (Wildman–Crippen LogP) is 3.99. The number of anilines is 1. The van der Waals surface area contributed by atoms with Gasteiger partial charge in [-0.25, -0.2) is 8.42 Å². The first-order valence-electron chi connectivity index (χ1n) is 8.63. The van der Waals surface area contributed by atoms with Gasteiger partial charge >= 0.3 is 0 Å². The number of rotatable bonds is 6. The van der Waals surface area contributed by atoms with Crippen LogP contribution in [-0.4, -0.2) is 26.6 Å². The molecule has 2 rings (SSSR count). The number of benzene rings is 2. The second kappa shape index (κ2) is 8.31. The number of hydrogen-bond donors (Lipinski definition) is 1. The Morgan fingerprint density at radius 2 is 1.67 bits per heavy atom. The summed E-state index contributed by atoms with van der Waals surface area (Å²) >= 11 is 6.15. The first kappa shape index (κ1) is 21.3. The highest BCUT2D eigenvalue weighted by Gasteiger charge is 2.30. The van der Waals surface area contributed by atoms with Gasteiger partial charge in [0.1, 0.15) is 6.04 Å². The number of carbonyl (C=O) groups excluding carboxylic acids is 1. The van der Waals surface area contributed by atoms with E-state index >= 15 is 0 Å². The monoisotopic (exact) mass is 408 g/mol. The minimum Gasteiger partial charge on any atom is -0.348 e. The molecule has 0 bridgehead atoms. The molecular weight excluding hydrogens is 384 g/mol. The summed E-state index contributed by atoms with van der Waals surface area (Å²) in [6, 6.07) is 11.6. The van der Waals surface area contributed by atoms with Crippen LogP contribution >= 0.6 is 11.6 Å². The molecule has 0 saturated carbocycles. The summed E-state index contributed by atoms with van der Waals surface area (Å²) in [4.78, 5) is 12.8. The second-order valence-electron chi connectivity index (χ2n) is 6.81. The van der Waals surface area contributed by atoms with Crippen molar-refractivity contribution < 1.29 is 13.2 Å². The number of hydrogen-bond acceptors (Lipinski definition) is 3. The molecule has 2 aromatic carbocycles. The first-order chi connectivity index (χ1) is 12.5. The summed E-state index contributed by atoms with van der Waals surface area (Å²) in [5.74, 6) is -0.384. The Morgan fingerprint density at radius 1 is 1.07 bits per heavy atom. The summed E-state index contributed by atoms with van der Waals surface area (Å²) < 4.78 is 25.8. The van der Waals surface area contributed by atoms with E-state index < -0.39 is 16.1 Å². The number of aryl methyl sites for hydroxylation is 2. The highest BCUT2D eigenvalue weighted by molar-refractivity contribution is 7.92. The molecule has 0 fully saturated rings. The van der Waals surface area contributed by atoms with E-state index in [0.29, 0.717) is 10.7 Å². The first-order valence-corrected chi connectivity index (χ1v) is 10.9. The lowest BCUT2D eigenvalue weighted by Crippen LogP contribution is -2.48. The van der Waals surface area contributed by atoms with Crippen molar-refractivity contribution in [2.75, 3.05) is 10.6 Å². The zero-order valence-electron chi connectivity index (χ0n) is 16.2. The molecule has 0 aliphatic rings. The Bertz CT molecular complexity index is 927. The van der Waals surface area contributed by atoms with E-state index in [1.807, 2.05) is 45.0 Å². The van der Waals surface area contributed by atoms with Crippen LogP contribution in [0.25, 0.3) is 0 Å². The molecule has 2 aromatic rings. The Balaban J connectivity index is 2.26. The molecule has 0 aliphatic carbocycles. The molecule has 27 heavy (non-hydrogen) atoms. The van der Waals surface area contributed by atoms with Crippen LogP contribution in [0, 0.1) is 13.8 Å². The van der Waals surface area contributed by atoms with Gasteiger partial charge in [0.05, 0.1) is 18.0 Å². The molecule has 1 N–H and O–H groups in total. The maximum absolute atomic E-state index is 12.8. The van der Waals surface area contributed by atoms with Gasteiger partial charge in [0.15, 0.2) is 0 Å². The molecule has 7 heteroatoms. The van der Waals surface area contributed by atoms with Crippen molar-refractivity contribution in [3.63, 3.8) is 0 Å². The third-order valence-corrected chi connectivity index (χ3v) is 6.08. The van der Waals surface area contributed by atoms with Crippen LogP contribution in [0.5, 0.6) is 0 Å². The van der Waals surface area contributed by atoms with Crippen molar-refractivity contribution in [2.24, 2.45) is 0 Å². The van der Waals surface area contributed by atoms with Gasteiger partial charge in [0.2, 0.25) is 15.9 Å². The summed E-state index contributed by atoms with van der Waals surface area (Å²) in [6.45, 7) is 7.25. The summed E-state index contributed by atoms with van der Waals surface area (Å²) in [6.07, 6.45) is 1.08. The van der Waals surface area contributed by atoms with E-state index in [1.54, 1.807) is 25.1 Å². The van der Waals surface area contributed by atoms with E-state index in [0.717, 1.165) is 27.3 Å². The normalized spacial score (nSPS) is 13.7. The van der Waals surface area contributed by atoms with E-state index in [-0.39, 0.29) is 11.9 Å². The van der Waals surface area contributed by atoms with Crippen LogP contribution in [0.1, 0.15) is 36.6 Å². The van der Waals surface area contributed by atoms with Crippen LogP contribution in [0.4, 0.5) is 5.69 Å². The van der Waals surface area contributed by atoms with Crippen molar-refractivity contribution in [1.29, 1.82) is 0 Å². The third-order valence-electron chi connectivity index (χ3n) is 4.43. The maximum Gasteiger partial charge on any atom is 0.244 e. The standard InChI is InChI=1S/C20H25ClN2O3S/c1-13-6-9-17(10-7-13)15(3)22-20(24)16(4)23(27(5,25)26)18-11-8-14(2)19(21)12-18/h6-12,15-16H,1-5H3,(H,22,24)/t15-,16-/m0/s1. The minimum absolute atomic E-state index is 0.247. The second-order valence-corrected chi connectivity index (χ2v) is 9.08. The van der Waals surface area contributed by atoms with Gasteiger partial charge in [-0.05, 0) is 51.0 Å². The fourth-order valence-electron chi connectivity index (χ4n) is 2.80. The highest BCUT2D eigenvalue weighted by atomic mass is 35.5. The zero-order chi connectivity index (χ0) is 20.4. The Kier molecular flexibility index (Phi) is 6.54. The molecule has 0 saturated heterocycles. The predicted molar refractivity (Wildman–Crippen MR) is 111 cm³/mol. The van der Waals surface area contributed by atoms with Gasteiger partial charge in [-0.2, -0.15) is 0 Å². The van der Waals surface area contributed by atoms with E-state index in [2.05, 4.69) is 5.32 Å². The van der Waals surface area contributed by atoms with Crippen LogP contribution in [0.3, 0.4) is 0 Å². The summed E-state index contributed by atoms with van der Waals surface area (Å²) in [7, 11) is -3.68. The third kappa shape index (κ3) is 5.23. The molecule has 0 spiro atoms. The molecule has 146 valence electrons. The number of carbonyl (C=O) groups is 1. The van der Waals surface area contributed by atoms with Crippen molar-refractivity contribution in [3.8, 4) is 0 Å². The number of amides is 1. The molecule has 2 atom stereocenters. The van der Waals surface area contributed by atoms with E-state index in [4.69, 9.17) is 11.6 Å². The van der Waals surface area contributed by atoms with Crippen LogP contribution in [0.15, 0.2) is 42.5 Å². The lowest BCUT2D eigenvalue weighted by molar-refractivity contribution is -0.122. The quantitative estimate of drug-likeness (QED) is 0.785. The fraction of sp³-hybridized carbons (Fsp3) is 0.350. The lowest BCUT2D eigenvalue weighted by atomic mass is 10.1.